The summed E-state index contributed by atoms with van der Waals surface area (Å²) in [5, 5.41) is 9.60. The van der Waals surface area contributed by atoms with E-state index < -0.39 is 0 Å². The van der Waals surface area contributed by atoms with Gasteiger partial charge in [0.15, 0.2) is 5.96 Å². The summed E-state index contributed by atoms with van der Waals surface area (Å²) in [6.45, 7) is 2.09. The molecule has 0 saturated carbocycles. The number of aromatic nitrogens is 2. The summed E-state index contributed by atoms with van der Waals surface area (Å²) in [4.78, 5) is 5.71. The second-order valence-corrected chi connectivity index (χ2v) is 6.52. The first kappa shape index (κ1) is 19.5. The largest absolute Gasteiger partial charge is 0.370 e. The fourth-order valence-corrected chi connectivity index (χ4v) is 3.05. The van der Waals surface area contributed by atoms with Crippen molar-refractivity contribution in [1.82, 2.24) is 15.1 Å². The summed E-state index contributed by atoms with van der Waals surface area (Å²) < 4.78 is 1.92. The van der Waals surface area contributed by atoms with E-state index in [0.717, 1.165) is 25.1 Å². The lowest BCUT2D eigenvalue weighted by Crippen LogP contribution is -2.33. The summed E-state index contributed by atoms with van der Waals surface area (Å²) in [7, 11) is 0. The molecule has 0 bridgehead atoms. The molecule has 0 aliphatic heterocycles. The number of hydrogen-bond acceptors (Lipinski definition) is 3. The quantitative estimate of drug-likeness (QED) is 0.319. The summed E-state index contributed by atoms with van der Waals surface area (Å²) in [6, 6.07) is 14.5. The van der Waals surface area contributed by atoms with E-state index in [2.05, 4.69) is 45.1 Å². The smallest absolute Gasteiger partial charge is 0.188 e. The Bertz CT molecular complexity index is 768. The van der Waals surface area contributed by atoms with E-state index in [4.69, 9.17) is 5.73 Å². The van der Waals surface area contributed by atoms with Crippen LogP contribution in [-0.2, 0) is 19.5 Å². The third-order valence-electron chi connectivity index (χ3n) is 3.56. The molecule has 0 saturated heterocycles. The third kappa shape index (κ3) is 6.50. The molecule has 1 aromatic carbocycles. The van der Waals surface area contributed by atoms with Crippen LogP contribution in [0.4, 0.5) is 0 Å². The summed E-state index contributed by atoms with van der Waals surface area (Å²) >= 11 is 1.76. The van der Waals surface area contributed by atoms with Crippen LogP contribution in [0.15, 0.2) is 65.2 Å². The SMILES string of the molecule is I.NC(=NCc1cnn(Cc2ccccc2)c1)NCCc1cccs1. The fraction of sp³-hybridized carbons (Fsp3) is 0.222. The fourth-order valence-electron chi connectivity index (χ4n) is 2.35. The summed E-state index contributed by atoms with van der Waals surface area (Å²) in [6.07, 6.45) is 4.81. The second kappa shape index (κ2) is 10.2. The van der Waals surface area contributed by atoms with Gasteiger partial charge in [-0.15, -0.1) is 35.3 Å². The predicted octanol–water partition coefficient (Wildman–Crippen LogP) is 3.26. The van der Waals surface area contributed by atoms with E-state index in [0.29, 0.717) is 12.5 Å². The van der Waals surface area contributed by atoms with Gasteiger partial charge in [-0.05, 0) is 23.4 Å². The highest BCUT2D eigenvalue weighted by Gasteiger charge is 2.00. The van der Waals surface area contributed by atoms with Gasteiger partial charge in [0.25, 0.3) is 0 Å². The number of benzene rings is 1. The molecule has 2 aromatic heterocycles. The van der Waals surface area contributed by atoms with E-state index in [1.165, 1.54) is 10.4 Å². The molecule has 0 atom stereocenters. The van der Waals surface area contributed by atoms with Gasteiger partial charge in [-0.3, -0.25) is 4.68 Å². The van der Waals surface area contributed by atoms with Crippen molar-refractivity contribution in [2.45, 2.75) is 19.5 Å². The first-order valence-electron chi connectivity index (χ1n) is 7.91. The van der Waals surface area contributed by atoms with Crippen molar-refractivity contribution < 1.29 is 0 Å². The number of nitrogens with two attached hydrogens (primary N) is 1. The van der Waals surface area contributed by atoms with Crippen LogP contribution in [0.3, 0.4) is 0 Å². The van der Waals surface area contributed by atoms with Crippen molar-refractivity contribution in [3.8, 4) is 0 Å². The van der Waals surface area contributed by atoms with Crippen molar-refractivity contribution in [1.29, 1.82) is 0 Å². The van der Waals surface area contributed by atoms with Crippen molar-refractivity contribution in [3.05, 3.63) is 76.2 Å². The Morgan fingerprint density at radius 1 is 1.16 bits per heavy atom. The van der Waals surface area contributed by atoms with Gasteiger partial charge >= 0.3 is 0 Å². The van der Waals surface area contributed by atoms with Crippen molar-refractivity contribution in [2.24, 2.45) is 10.7 Å². The van der Waals surface area contributed by atoms with Crippen molar-refractivity contribution in [2.75, 3.05) is 6.54 Å². The number of rotatable bonds is 7. The molecule has 2 heterocycles. The van der Waals surface area contributed by atoms with Crippen molar-refractivity contribution >= 4 is 41.3 Å². The van der Waals surface area contributed by atoms with Crippen molar-refractivity contribution in [3.63, 3.8) is 0 Å². The van der Waals surface area contributed by atoms with Crippen LogP contribution in [0.25, 0.3) is 0 Å². The zero-order chi connectivity index (χ0) is 16.6. The van der Waals surface area contributed by atoms with E-state index in [9.17, 15) is 0 Å². The molecule has 3 N–H and O–H groups in total. The molecule has 0 radical (unpaired) electrons. The molecular formula is C18H22IN5S. The molecule has 3 rings (SSSR count). The van der Waals surface area contributed by atoms with E-state index in [1.807, 2.05) is 35.3 Å². The van der Waals surface area contributed by atoms with Crippen LogP contribution >= 0.6 is 35.3 Å². The maximum atomic E-state index is 5.91. The molecule has 5 nitrogen and oxygen atoms in total. The first-order chi connectivity index (χ1) is 11.8. The van der Waals surface area contributed by atoms with Crippen LogP contribution < -0.4 is 11.1 Å². The maximum Gasteiger partial charge on any atom is 0.188 e. The molecule has 0 aliphatic rings. The minimum atomic E-state index is 0. The van der Waals surface area contributed by atoms with Crippen LogP contribution in [-0.4, -0.2) is 22.3 Å². The van der Waals surface area contributed by atoms with Crippen LogP contribution in [0, 0.1) is 0 Å². The lowest BCUT2D eigenvalue weighted by atomic mass is 10.2. The number of halogens is 1. The van der Waals surface area contributed by atoms with E-state index in [-0.39, 0.29) is 24.0 Å². The second-order valence-electron chi connectivity index (χ2n) is 5.49. The van der Waals surface area contributed by atoms with Gasteiger partial charge in [-0.25, -0.2) is 4.99 Å². The van der Waals surface area contributed by atoms with E-state index >= 15 is 0 Å². The minimum absolute atomic E-state index is 0. The van der Waals surface area contributed by atoms with Gasteiger partial charge in [-0.1, -0.05) is 36.4 Å². The standard InChI is InChI=1S/C18H21N5S.HI/c19-18(20-9-8-17-7-4-10-24-17)21-11-16-12-22-23(14-16)13-15-5-2-1-3-6-15;/h1-7,10,12,14H,8-9,11,13H2,(H3,19,20,21);1H. The number of nitrogens with one attached hydrogen (secondary N) is 1. The van der Waals surface area contributed by atoms with Crippen LogP contribution in [0.2, 0.25) is 0 Å². The third-order valence-corrected chi connectivity index (χ3v) is 4.50. The Hall–Kier alpha value is -1.87. The van der Waals surface area contributed by atoms with Crippen LogP contribution in [0.5, 0.6) is 0 Å². The lowest BCUT2D eigenvalue weighted by molar-refractivity contribution is 0.686. The molecule has 0 aliphatic carbocycles. The van der Waals surface area contributed by atoms with Gasteiger partial charge in [0, 0.05) is 23.2 Å². The van der Waals surface area contributed by atoms with Crippen LogP contribution in [0.1, 0.15) is 16.0 Å². The lowest BCUT2D eigenvalue weighted by Gasteiger charge is -2.04. The van der Waals surface area contributed by atoms with Gasteiger partial charge in [0.1, 0.15) is 0 Å². The molecule has 0 fully saturated rings. The Morgan fingerprint density at radius 2 is 2.00 bits per heavy atom. The summed E-state index contributed by atoms with van der Waals surface area (Å²) in [5.74, 6) is 0.474. The monoisotopic (exact) mass is 467 g/mol. The predicted molar refractivity (Wildman–Crippen MR) is 115 cm³/mol. The number of nitrogens with zero attached hydrogens (tertiary/aromatic N) is 3. The maximum absolute atomic E-state index is 5.91. The minimum Gasteiger partial charge on any atom is -0.370 e. The number of guanidine groups is 1. The highest BCUT2D eigenvalue weighted by Crippen LogP contribution is 2.08. The summed E-state index contributed by atoms with van der Waals surface area (Å²) in [5.41, 5.74) is 8.18. The highest BCUT2D eigenvalue weighted by molar-refractivity contribution is 14.0. The van der Waals surface area contributed by atoms with E-state index in [1.54, 1.807) is 11.3 Å². The molecule has 0 amide bonds. The molecule has 0 unspecified atom stereocenters. The van der Waals surface area contributed by atoms with Gasteiger partial charge in [-0.2, -0.15) is 5.10 Å². The Kier molecular flexibility index (Phi) is 7.93. The number of thiophene rings is 1. The highest BCUT2D eigenvalue weighted by atomic mass is 127. The molecular weight excluding hydrogens is 445 g/mol. The molecule has 0 spiro atoms. The van der Waals surface area contributed by atoms with Gasteiger partial charge in [0.05, 0.1) is 19.3 Å². The van der Waals surface area contributed by atoms with Gasteiger partial charge < -0.3 is 11.1 Å². The molecule has 7 heteroatoms. The zero-order valence-electron chi connectivity index (χ0n) is 13.8. The first-order valence-corrected chi connectivity index (χ1v) is 8.79. The number of hydrogen-bond donors (Lipinski definition) is 2. The normalized spacial score (nSPS) is 11.1. The molecule has 132 valence electrons. The molecule has 3 aromatic rings. The number of aliphatic imine (C=N–C) groups is 1. The zero-order valence-corrected chi connectivity index (χ0v) is 17.0. The topological polar surface area (TPSA) is 68.2 Å². The average molecular weight is 467 g/mol. The van der Waals surface area contributed by atoms with Gasteiger partial charge in [0.2, 0.25) is 0 Å². The average Bonchev–Trinajstić information content (AvgIpc) is 3.26. The Balaban J connectivity index is 0.00000225. The Morgan fingerprint density at radius 3 is 2.76 bits per heavy atom. The Labute approximate surface area is 169 Å². The molecule has 25 heavy (non-hydrogen) atoms.